The molecule has 3 heteroatoms. The van der Waals surface area contributed by atoms with Gasteiger partial charge >= 0.3 is 0 Å². The van der Waals surface area contributed by atoms with Crippen molar-refractivity contribution in [3.05, 3.63) is 23.8 Å². The lowest BCUT2D eigenvalue weighted by molar-refractivity contribution is -0.189. The Bertz CT molecular complexity index is 561. The van der Waals surface area contributed by atoms with Gasteiger partial charge in [0.2, 0.25) is 0 Å². The van der Waals surface area contributed by atoms with Crippen molar-refractivity contribution in [3.8, 4) is 0 Å². The summed E-state index contributed by atoms with van der Waals surface area (Å²) in [4.78, 5) is 12.5. The fraction of sp³-hybridized carbons (Fsp3) is 0.737. The Morgan fingerprint density at radius 2 is 2.00 bits per heavy atom. The van der Waals surface area contributed by atoms with Crippen LogP contribution in [-0.2, 0) is 4.79 Å². The summed E-state index contributed by atoms with van der Waals surface area (Å²) in [7, 11) is 0. The third kappa shape index (κ3) is 1.67. The first kappa shape index (κ1) is 14.6. The molecule has 4 rings (SSSR count). The summed E-state index contributed by atoms with van der Waals surface area (Å²) < 4.78 is 0. The van der Waals surface area contributed by atoms with Crippen LogP contribution in [0.15, 0.2) is 23.8 Å². The highest BCUT2D eigenvalue weighted by Gasteiger charge is 2.62. The van der Waals surface area contributed by atoms with Crippen molar-refractivity contribution in [1.29, 1.82) is 0 Å². The van der Waals surface area contributed by atoms with Crippen LogP contribution in [0, 0.1) is 28.6 Å². The van der Waals surface area contributed by atoms with Crippen LogP contribution in [0.3, 0.4) is 0 Å². The van der Waals surface area contributed by atoms with Crippen LogP contribution in [-0.4, -0.2) is 22.3 Å². The first-order valence-electron chi connectivity index (χ1n) is 8.77. The van der Waals surface area contributed by atoms with Gasteiger partial charge in [-0.25, -0.2) is 0 Å². The lowest BCUT2D eigenvalue weighted by Gasteiger charge is -2.56. The van der Waals surface area contributed by atoms with Gasteiger partial charge in [-0.3, -0.25) is 4.79 Å². The molecule has 3 nitrogen and oxygen atoms in total. The maximum atomic E-state index is 12.5. The van der Waals surface area contributed by atoms with E-state index in [4.69, 9.17) is 0 Å². The third-order valence-electron chi connectivity index (χ3n) is 7.40. The van der Waals surface area contributed by atoms with E-state index >= 15 is 0 Å². The van der Waals surface area contributed by atoms with E-state index in [9.17, 15) is 15.0 Å². The fourth-order valence-corrected chi connectivity index (χ4v) is 6.31. The summed E-state index contributed by atoms with van der Waals surface area (Å²) in [5, 5.41) is 20.0. The van der Waals surface area contributed by atoms with Crippen LogP contribution in [0.25, 0.3) is 0 Å². The molecule has 0 unspecified atom stereocenters. The number of allylic oxidation sites excluding steroid dienone is 4. The number of carbonyl (C=O) groups excluding carboxylic acids is 1. The Labute approximate surface area is 132 Å². The average Bonchev–Trinajstić information content (AvgIpc) is 2.85. The number of hydrogen-bond acceptors (Lipinski definition) is 3. The van der Waals surface area contributed by atoms with Gasteiger partial charge in [-0.2, -0.15) is 0 Å². The second-order valence-electron chi connectivity index (χ2n) is 7.98. The zero-order valence-electron chi connectivity index (χ0n) is 13.3. The minimum Gasteiger partial charge on any atom is -0.367 e. The average molecular weight is 302 g/mol. The number of aliphatic hydroxyl groups is 2. The maximum Gasteiger partial charge on any atom is 0.164 e. The minimum atomic E-state index is -1.49. The molecule has 0 amide bonds. The predicted molar refractivity (Wildman–Crippen MR) is 83.8 cm³/mol. The summed E-state index contributed by atoms with van der Waals surface area (Å²) in [5.41, 5.74) is 0.828. The zero-order valence-corrected chi connectivity index (χ0v) is 13.3. The normalized spacial score (nSPS) is 47.0. The van der Waals surface area contributed by atoms with Crippen LogP contribution in [0.2, 0.25) is 0 Å². The third-order valence-corrected chi connectivity index (χ3v) is 7.40. The molecular weight excluding hydrogens is 276 g/mol. The van der Waals surface area contributed by atoms with Crippen molar-refractivity contribution >= 4 is 5.78 Å². The van der Waals surface area contributed by atoms with Gasteiger partial charge in [0, 0.05) is 11.8 Å². The molecule has 120 valence electrons. The quantitative estimate of drug-likeness (QED) is 0.578. The lowest BCUT2D eigenvalue weighted by Crippen LogP contribution is -2.54. The highest BCUT2D eigenvalue weighted by atomic mass is 16.5. The molecule has 0 aliphatic heterocycles. The van der Waals surface area contributed by atoms with Crippen LogP contribution in [0.1, 0.15) is 51.9 Å². The molecule has 0 saturated heterocycles. The van der Waals surface area contributed by atoms with E-state index in [0.717, 1.165) is 32.1 Å². The zero-order chi connectivity index (χ0) is 15.5. The smallest absolute Gasteiger partial charge is 0.164 e. The molecule has 0 aromatic carbocycles. The number of ketones is 1. The Morgan fingerprint density at radius 3 is 2.77 bits per heavy atom. The predicted octanol–water partition coefficient (Wildman–Crippen LogP) is 2.98. The number of aliphatic hydroxyl groups excluding tert-OH is 1. The molecule has 5 atom stereocenters. The van der Waals surface area contributed by atoms with Crippen molar-refractivity contribution in [2.24, 2.45) is 28.6 Å². The van der Waals surface area contributed by atoms with E-state index in [0.29, 0.717) is 24.7 Å². The van der Waals surface area contributed by atoms with Crippen molar-refractivity contribution in [2.75, 3.05) is 0 Å². The van der Waals surface area contributed by atoms with Crippen LogP contribution >= 0.6 is 0 Å². The topological polar surface area (TPSA) is 57.5 Å². The van der Waals surface area contributed by atoms with E-state index in [2.05, 4.69) is 25.2 Å². The monoisotopic (exact) mass is 302 g/mol. The molecule has 22 heavy (non-hydrogen) atoms. The number of hydrogen-bond donors (Lipinski definition) is 2. The second-order valence-corrected chi connectivity index (χ2v) is 7.98. The Hall–Kier alpha value is -0.930. The maximum absolute atomic E-state index is 12.5. The van der Waals surface area contributed by atoms with E-state index in [1.54, 1.807) is 5.57 Å². The Kier molecular flexibility index (Phi) is 3.18. The molecule has 0 heterocycles. The van der Waals surface area contributed by atoms with Gasteiger partial charge in [-0.15, -0.1) is 0 Å². The number of Topliss-reactive ketones (excluding diaryl/α,β-unsaturated/α-hetero) is 1. The molecule has 3 fully saturated rings. The fourth-order valence-electron chi connectivity index (χ4n) is 6.31. The summed E-state index contributed by atoms with van der Waals surface area (Å²) >= 11 is 0. The standard InChI is InChI=1S/C19H26O3/c1-18-10-3-2-4-12(18)5-6-13-14(18)9-11-19(17(21)22)15(13)7-8-16(19)20/h3-4,10,13-15,17,21-22H,2,5-9,11H2,1H3/t13-,14+,15+,18+,19-/m1/s1. The van der Waals surface area contributed by atoms with E-state index < -0.39 is 11.7 Å². The highest BCUT2D eigenvalue weighted by Crippen LogP contribution is 2.64. The summed E-state index contributed by atoms with van der Waals surface area (Å²) in [6.45, 7) is 2.35. The van der Waals surface area contributed by atoms with Crippen LogP contribution < -0.4 is 0 Å². The SMILES string of the molecule is C[C@]12C=CCC=C1CC[C@@H]1[C@@H]2CC[C@]2(C(O)O)C(=O)CC[C@@H]12. The summed E-state index contributed by atoms with van der Waals surface area (Å²) in [6, 6.07) is 0. The van der Waals surface area contributed by atoms with E-state index in [1.807, 2.05) is 0 Å². The van der Waals surface area contributed by atoms with Crippen molar-refractivity contribution in [3.63, 3.8) is 0 Å². The number of carbonyl (C=O) groups is 1. The Balaban J connectivity index is 1.73. The molecule has 4 aliphatic carbocycles. The number of fused-ring (bicyclic) bond motifs is 5. The summed E-state index contributed by atoms with van der Waals surface area (Å²) in [5.74, 6) is 1.25. The van der Waals surface area contributed by atoms with Gasteiger partial charge in [0.05, 0.1) is 5.41 Å². The van der Waals surface area contributed by atoms with E-state index in [1.165, 1.54) is 0 Å². The molecule has 0 spiro atoms. The molecule has 0 bridgehead atoms. The minimum absolute atomic E-state index is 0.0941. The second kappa shape index (κ2) is 4.78. The molecule has 0 aromatic rings. The molecule has 0 aromatic heterocycles. The van der Waals surface area contributed by atoms with Gasteiger partial charge < -0.3 is 10.2 Å². The van der Waals surface area contributed by atoms with Gasteiger partial charge in [0.15, 0.2) is 6.29 Å². The first-order valence-corrected chi connectivity index (χ1v) is 8.77. The van der Waals surface area contributed by atoms with Crippen molar-refractivity contribution in [2.45, 2.75) is 58.2 Å². The first-order chi connectivity index (χ1) is 10.5. The molecule has 3 saturated carbocycles. The summed E-state index contributed by atoms with van der Waals surface area (Å²) in [6.07, 6.45) is 11.8. The number of rotatable bonds is 1. The molecular formula is C19H26O3. The molecule has 2 N–H and O–H groups in total. The Morgan fingerprint density at radius 1 is 1.18 bits per heavy atom. The van der Waals surface area contributed by atoms with Crippen LogP contribution in [0.4, 0.5) is 0 Å². The van der Waals surface area contributed by atoms with Gasteiger partial charge in [-0.1, -0.05) is 30.7 Å². The van der Waals surface area contributed by atoms with Crippen LogP contribution in [0.5, 0.6) is 0 Å². The lowest BCUT2D eigenvalue weighted by atomic mass is 9.48. The molecule has 4 aliphatic rings. The van der Waals surface area contributed by atoms with Crippen molar-refractivity contribution < 1.29 is 15.0 Å². The van der Waals surface area contributed by atoms with Gasteiger partial charge in [0.1, 0.15) is 5.78 Å². The van der Waals surface area contributed by atoms with Crippen molar-refractivity contribution in [1.82, 2.24) is 0 Å². The van der Waals surface area contributed by atoms with E-state index in [-0.39, 0.29) is 17.1 Å². The van der Waals surface area contributed by atoms with Gasteiger partial charge in [0.25, 0.3) is 0 Å². The highest BCUT2D eigenvalue weighted by molar-refractivity contribution is 5.88. The molecule has 0 radical (unpaired) electrons. The van der Waals surface area contributed by atoms with Gasteiger partial charge in [-0.05, 0) is 56.3 Å². The largest absolute Gasteiger partial charge is 0.367 e.